The quantitative estimate of drug-likeness (QED) is 0.141. The maximum absolute atomic E-state index is 13.5. The van der Waals surface area contributed by atoms with Crippen molar-refractivity contribution in [2.24, 2.45) is 0 Å². The van der Waals surface area contributed by atoms with E-state index in [1.807, 2.05) is 30.5 Å². The molecule has 8 nitrogen and oxygen atoms in total. The van der Waals surface area contributed by atoms with Gasteiger partial charge in [-0.1, -0.05) is 97.1 Å². The molecule has 0 saturated carbocycles. The number of fused-ring (bicyclic) bond motifs is 1. The summed E-state index contributed by atoms with van der Waals surface area (Å²) in [5.74, 6) is -1.75. The summed E-state index contributed by atoms with van der Waals surface area (Å²) in [4.78, 5) is 33.2. The summed E-state index contributed by atoms with van der Waals surface area (Å²) >= 11 is 0. The zero-order valence-electron chi connectivity index (χ0n) is 25.0. The van der Waals surface area contributed by atoms with Gasteiger partial charge in [-0.2, -0.15) is 0 Å². The van der Waals surface area contributed by atoms with Crippen LogP contribution in [-0.4, -0.2) is 40.1 Å². The molecule has 5 aromatic rings. The van der Waals surface area contributed by atoms with Crippen molar-refractivity contribution < 1.29 is 19.4 Å². The Morgan fingerprint density at radius 2 is 1.64 bits per heavy atom. The Bertz CT molecular complexity index is 1740. The second kappa shape index (κ2) is 13.6. The number of rotatable bonds is 11. The number of ether oxygens (including phenoxy) is 1. The molecule has 4 aromatic carbocycles. The van der Waals surface area contributed by atoms with Gasteiger partial charge >= 0.3 is 5.97 Å². The highest BCUT2D eigenvalue weighted by atomic mass is 16.5. The molecule has 0 bridgehead atoms. The van der Waals surface area contributed by atoms with Crippen LogP contribution in [-0.2, 0) is 4.79 Å². The average Bonchev–Trinajstić information content (AvgIpc) is 3.61. The van der Waals surface area contributed by atoms with Crippen LogP contribution in [0, 0.1) is 6.92 Å². The smallest absolute Gasteiger partial charge is 0.312 e. The lowest BCUT2D eigenvalue weighted by Gasteiger charge is -2.35. The van der Waals surface area contributed by atoms with Gasteiger partial charge in [0.1, 0.15) is 5.75 Å². The van der Waals surface area contributed by atoms with E-state index in [2.05, 4.69) is 76.1 Å². The number of hydrogen-bond donors (Lipinski definition) is 4. The van der Waals surface area contributed by atoms with Gasteiger partial charge in [0.2, 0.25) is 0 Å². The van der Waals surface area contributed by atoms with Gasteiger partial charge in [-0.15, -0.1) is 0 Å². The number of carbonyl (C=O) groups is 2. The molecule has 45 heavy (non-hydrogen) atoms. The van der Waals surface area contributed by atoms with Crippen LogP contribution >= 0.6 is 0 Å². The van der Waals surface area contributed by atoms with Crippen LogP contribution in [0.15, 0.2) is 116 Å². The van der Waals surface area contributed by atoms with Crippen molar-refractivity contribution in [2.75, 3.05) is 13.2 Å². The number of carbonyl (C=O) groups excluding carboxylic acids is 1. The van der Waals surface area contributed by atoms with E-state index in [9.17, 15) is 14.7 Å². The molecule has 0 radical (unpaired) electrons. The fourth-order valence-electron chi connectivity index (χ4n) is 6.27. The number of aliphatic carboxylic acids is 1. The number of H-pyrrole nitrogens is 1. The van der Waals surface area contributed by atoms with Crippen molar-refractivity contribution in [1.82, 2.24) is 20.6 Å². The van der Waals surface area contributed by atoms with Gasteiger partial charge in [-0.05, 0) is 35.2 Å². The average molecular weight is 601 g/mol. The van der Waals surface area contributed by atoms with Crippen LogP contribution in [0.5, 0.6) is 5.75 Å². The van der Waals surface area contributed by atoms with E-state index in [4.69, 9.17) is 4.74 Å². The first kappa shape index (κ1) is 29.8. The lowest BCUT2D eigenvalue weighted by Crippen LogP contribution is -2.36. The van der Waals surface area contributed by atoms with Crippen molar-refractivity contribution in [1.29, 1.82) is 0 Å². The first-order valence-corrected chi connectivity index (χ1v) is 15.2. The molecule has 2 heterocycles. The number of benzene rings is 4. The molecule has 4 N–H and O–H groups in total. The number of hydrogen-bond acceptors (Lipinski definition) is 5. The van der Waals surface area contributed by atoms with Crippen LogP contribution < -0.4 is 15.4 Å². The van der Waals surface area contributed by atoms with Gasteiger partial charge in [0, 0.05) is 36.7 Å². The molecule has 1 amide bonds. The fraction of sp³-hybridized carbons (Fsp3) is 0.216. The number of para-hydroxylation sites is 1. The predicted octanol–water partition coefficient (Wildman–Crippen LogP) is 6.30. The molecule has 1 aliphatic rings. The van der Waals surface area contributed by atoms with E-state index < -0.39 is 11.9 Å². The van der Waals surface area contributed by atoms with Gasteiger partial charge in [-0.3, -0.25) is 9.59 Å². The van der Waals surface area contributed by atoms with Gasteiger partial charge in [0.05, 0.1) is 36.2 Å². The third kappa shape index (κ3) is 6.51. The zero-order valence-corrected chi connectivity index (χ0v) is 25.0. The van der Waals surface area contributed by atoms with E-state index in [-0.39, 0.29) is 30.5 Å². The predicted molar refractivity (Wildman–Crippen MR) is 172 cm³/mol. The highest BCUT2D eigenvalue weighted by molar-refractivity contribution is 5.97. The third-order valence-electron chi connectivity index (χ3n) is 8.54. The molecule has 0 saturated heterocycles. The Morgan fingerprint density at radius 1 is 0.933 bits per heavy atom. The van der Waals surface area contributed by atoms with Gasteiger partial charge in [0.15, 0.2) is 0 Å². The van der Waals surface area contributed by atoms with Crippen molar-refractivity contribution in [3.63, 3.8) is 0 Å². The van der Waals surface area contributed by atoms with E-state index in [0.717, 1.165) is 11.3 Å². The summed E-state index contributed by atoms with van der Waals surface area (Å²) in [6, 6.07) is 33.1. The van der Waals surface area contributed by atoms with Crippen molar-refractivity contribution in [3.8, 4) is 5.75 Å². The van der Waals surface area contributed by atoms with E-state index >= 15 is 0 Å². The third-order valence-corrected chi connectivity index (χ3v) is 8.54. The molecule has 1 aliphatic heterocycles. The van der Waals surface area contributed by atoms with Gasteiger partial charge < -0.3 is 25.5 Å². The molecule has 4 unspecified atom stereocenters. The Morgan fingerprint density at radius 3 is 2.33 bits per heavy atom. The highest BCUT2D eigenvalue weighted by Gasteiger charge is 2.34. The lowest BCUT2D eigenvalue weighted by molar-refractivity contribution is -0.138. The SMILES string of the molecule is Cc1ccccc1C(c1ccccc1)C(NC1CCOc2c(C(=O)NCC(C(=O)O)c3ccccc3)cccc21)c1cnc[nH]1. The molecule has 0 fully saturated rings. The van der Waals surface area contributed by atoms with Crippen LogP contribution in [0.25, 0.3) is 0 Å². The molecule has 0 spiro atoms. The van der Waals surface area contributed by atoms with Crippen LogP contribution in [0.1, 0.15) is 74.2 Å². The Hall–Kier alpha value is -5.21. The minimum atomic E-state index is -0.997. The molecule has 6 rings (SSSR count). The lowest BCUT2D eigenvalue weighted by atomic mass is 9.81. The normalized spacial score (nSPS) is 16.1. The summed E-state index contributed by atoms with van der Waals surface area (Å²) in [6.07, 6.45) is 4.26. The Kier molecular flexibility index (Phi) is 9.03. The van der Waals surface area contributed by atoms with Gasteiger partial charge in [0.25, 0.3) is 5.91 Å². The molecular formula is C37H36N4O4. The maximum atomic E-state index is 13.5. The summed E-state index contributed by atoms with van der Waals surface area (Å²) in [5, 5.41) is 16.6. The minimum Gasteiger partial charge on any atom is -0.492 e. The Balaban J connectivity index is 1.31. The summed E-state index contributed by atoms with van der Waals surface area (Å²) in [7, 11) is 0. The topological polar surface area (TPSA) is 116 Å². The minimum absolute atomic E-state index is 0.0310. The molecule has 4 atom stereocenters. The van der Waals surface area contributed by atoms with E-state index in [1.165, 1.54) is 16.7 Å². The summed E-state index contributed by atoms with van der Waals surface area (Å²) in [6.45, 7) is 2.52. The number of carboxylic acids is 1. The van der Waals surface area contributed by atoms with E-state index in [1.54, 1.807) is 36.7 Å². The molecule has 228 valence electrons. The van der Waals surface area contributed by atoms with Crippen molar-refractivity contribution in [3.05, 3.63) is 155 Å². The first-order valence-electron chi connectivity index (χ1n) is 15.2. The second-order valence-electron chi connectivity index (χ2n) is 11.3. The van der Waals surface area contributed by atoms with E-state index in [0.29, 0.717) is 29.9 Å². The number of imidazole rings is 1. The molecular weight excluding hydrogens is 564 g/mol. The molecule has 0 aliphatic carbocycles. The number of amides is 1. The number of nitrogens with one attached hydrogen (secondary N) is 3. The highest BCUT2D eigenvalue weighted by Crippen LogP contribution is 2.42. The number of carboxylic acid groups (broad SMARTS) is 1. The van der Waals surface area contributed by atoms with Crippen molar-refractivity contribution in [2.45, 2.75) is 37.3 Å². The standard InChI is InChI=1S/C37H36N4O4/c1-24-11-8-9-16-27(24)33(26-14-6-3-7-15-26)34(32-22-38-23-40-32)41-31-19-20-45-35-28(31)17-10-18-29(35)36(42)39-21-30(37(43)44)25-12-4-2-5-13-25/h2-18,22-23,30-31,33-34,41H,19-21H2,1H3,(H,38,40)(H,39,42)(H,43,44). The molecule has 1 aromatic heterocycles. The monoisotopic (exact) mass is 600 g/mol. The number of nitrogens with zero attached hydrogens (tertiary/aromatic N) is 1. The Labute approximate surface area is 262 Å². The number of aromatic amines is 1. The fourth-order valence-corrected chi connectivity index (χ4v) is 6.27. The number of aromatic nitrogens is 2. The van der Waals surface area contributed by atoms with Crippen LogP contribution in [0.2, 0.25) is 0 Å². The zero-order chi connectivity index (χ0) is 31.2. The molecule has 8 heteroatoms. The second-order valence-corrected chi connectivity index (χ2v) is 11.3. The maximum Gasteiger partial charge on any atom is 0.312 e. The largest absolute Gasteiger partial charge is 0.492 e. The number of aryl methyl sites for hydroxylation is 1. The summed E-state index contributed by atoms with van der Waals surface area (Å²) in [5.41, 5.74) is 6.43. The van der Waals surface area contributed by atoms with Crippen molar-refractivity contribution >= 4 is 11.9 Å². The van der Waals surface area contributed by atoms with Gasteiger partial charge in [-0.25, -0.2) is 4.98 Å². The first-order chi connectivity index (χ1) is 22.0. The van der Waals surface area contributed by atoms with Crippen LogP contribution in [0.4, 0.5) is 0 Å². The van der Waals surface area contributed by atoms with Crippen LogP contribution in [0.3, 0.4) is 0 Å². The summed E-state index contributed by atoms with van der Waals surface area (Å²) < 4.78 is 6.13.